The molecule has 3 aromatic rings. The molecule has 0 saturated carbocycles. The van der Waals surface area contributed by atoms with Crippen LogP contribution in [0.15, 0.2) is 67.8 Å². The zero-order chi connectivity index (χ0) is 16.5. The first kappa shape index (κ1) is 14.6. The van der Waals surface area contributed by atoms with E-state index in [0.717, 1.165) is 42.0 Å². The molecule has 120 valence electrons. The van der Waals surface area contributed by atoms with Gasteiger partial charge in [0.15, 0.2) is 0 Å². The molecule has 1 aromatic carbocycles. The maximum atomic E-state index is 4.26. The van der Waals surface area contributed by atoms with Crippen LogP contribution in [0.25, 0.3) is 11.3 Å². The van der Waals surface area contributed by atoms with E-state index >= 15 is 0 Å². The number of nitrogens with zero attached hydrogens (tertiary/aromatic N) is 2. The van der Waals surface area contributed by atoms with Gasteiger partial charge in [-0.05, 0) is 42.2 Å². The monoisotopic (exact) mass is 316 g/mol. The molecule has 1 aliphatic heterocycles. The van der Waals surface area contributed by atoms with E-state index in [1.807, 2.05) is 28.9 Å². The highest BCUT2D eigenvalue weighted by molar-refractivity contribution is 5.63. The van der Waals surface area contributed by atoms with Crippen LogP contribution in [0.5, 0.6) is 0 Å². The predicted octanol–water partition coefficient (Wildman–Crippen LogP) is 3.97. The summed E-state index contributed by atoms with van der Waals surface area (Å²) in [6.07, 6.45) is 7.85. The zero-order valence-corrected chi connectivity index (χ0v) is 13.5. The molecule has 24 heavy (non-hydrogen) atoms. The van der Waals surface area contributed by atoms with Gasteiger partial charge in [-0.1, -0.05) is 25.3 Å². The summed E-state index contributed by atoms with van der Waals surface area (Å²) in [4.78, 5) is 4.26. The van der Waals surface area contributed by atoms with Crippen LogP contribution in [0.3, 0.4) is 0 Å². The summed E-state index contributed by atoms with van der Waals surface area (Å²) < 4.78 is 2.00. The molecule has 4 heteroatoms. The lowest BCUT2D eigenvalue weighted by Crippen LogP contribution is -2.13. The summed E-state index contributed by atoms with van der Waals surface area (Å²) in [7, 11) is 0. The van der Waals surface area contributed by atoms with Crippen molar-refractivity contribution in [2.24, 2.45) is 0 Å². The summed E-state index contributed by atoms with van der Waals surface area (Å²) in [5.41, 5.74) is 7.75. The number of aryl methyl sites for hydroxylation is 1. The van der Waals surface area contributed by atoms with Crippen LogP contribution >= 0.6 is 0 Å². The molecule has 4 rings (SSSR count). The smallest absolute Gasteiger partial charge is 0.136 e. The zero-order valence-electron chi connectivity index (χ0n) is 13.5. The molecule has 0 saturated heterocycles. The van der Waals surface area contributed by atoms with Gasteiger partial charge in [-0.3, -0.25) is 0 Å². The lowest BCUT2D eigenvalue weighted by molar-refractivity contribution is 0.878. The fourth-order valence-electron chi connectivity index (χ4n) is 3.02. The van der Waals surface area contributed by atoms with Gasteiger partial charge in [-0.15, -0.1) is 0 Å². The molecule has 0 radical (unpaired) electrons. The van der Waals surface area contributed by atoms with Crippen LogP contribution in [0.1, 0.15) is 23.1 Å². The van der Waals surface area contributed by atoms with Crippen LogP contribution in [0, 0.1) is 0 Å². The van der Waals surface area contributed by atoms with Crippen molar-refractivity contribution in [1.29, 1.82) is 0 Å². The lowest BCUT2D eigenvalue weighted by Gasteiger charge is -2.21. The summed E-state index contributed by atoms with van der Waals surface area (Å²) in [6.45, 7) is 8.92. The van der Waals surface area contributed by atoms with E-state index in [1.54, 1.807) is 6.20 Å². The Hall–Kier alpha value is -3.01. The molecule has 0 bridgehead atoms. The van der Waals surface area contributed by atoms with Gasteiger partial charge in [-0.25, -0.2) is 4.98 Å². The van der Waals surface area contributed by atoms with Crippen molar-refractivity contribution < 1.29 is 0 Å². The molecule has 3 heterocycles. The quantitative estimate of drug-likeness (QED) is 0.765. The molecule has 0 aliphatic carbocycles. The summed E-state index contributed by atoms with van der Waals surface area (Å²) >= 11 is 0. The largest absolute Gasteiger partial charge is 0.381 e. The van der Waals surface area contributed by atoms with Gasteiger partial charge in [0, 0.05) is 47.8 Å². The first-order valence-corrected chi connectivity index (χ1v) is 8.11. The van der Waals surface area contributed by atoms with Crippen molar-refractivity contribution in [3.63, 3.8) is 0 Å². The number of aromatic nitrogens is 2. The minimum Gasteiger partial charge on any atom is -0.381 e. The highest BCUT2D eigenvalue weighted by Gasteiger charge is 2.11. The number of anilines is 1. The SMILES string of the molecule is C=C1CCc2ccc(CNC(=C)c3ccc4nccn4c3)cc2N1. The average molecular weight is 316 g/mol. The Morgan fingerprint density at radius 1 is 1.25 bits per heavy atom. The lowest BCUT2D eigenvalue weighted by atomic mass is 10.00. The highest BCUT2D eigenvalue weighted by Crippen LogP contribution is 2.27. The van der Waals surface area contributed by atoms with Crippen LogP contribution in [-0.2, 0) is 13.0 Å². The van der Waals surface area contributed by atoms with Crippen molar-refractivity contribution in [3.8, 4) is 0 Å². The minimum atomic E-state index is 0.738. The summed E-state index contributed by atoms with van der Waals surface area (Å²) in [5.74, 6) is 0. The predicted molar refractivity (Wildman–Crippen MR) is 98.6 cm³/mol. The van der Waals surface area contributed by atoms with Gasteiger partial charge in [-0.2, -0.15) is 0 Å². The van der Waals surface area contributed by atoms with Crippen LogP contribution in [0.4, 0.5) is 5.69 Å². The second-order valence-corrected chi connectivity index (χ2v) is 6.16. The number of allylic oxidation sites excluding steroid dienone is 1. The van der Waals surface area contributed by atoms with E-state index in [-0.39, 0.29) is 0 Å². The fourth-order valence-corrected chi connectivity index (χ4v) is 3.02. The van der Waals surface area contributed by atoms with E-state index < -0.39 is 0 Å². The standard InChI is InChI=1S/C20H20N4/c1-14-3-5-17-6-4-16(11-19(17)23-14)12-22-15(2)18-7-8-20-21-9-10-24(20)13-18/h4,6-11,13,22-23H,1-3,5,12H2. The molecule has 4 nitrogen and oxygen atoms in total. The van der Waals surface area contributed by atoms with E-state index in [9.17, 15) is 0 Å². The number of nitrogens with one attached hydrogen (secondary N) is 2. The van der Waals surface area contributed by atoms with E-state index in [2.05, 4.69) is 47.0 Å². The molecule has 1 aliphatic rings. The molecular formula is C20H20N4. The van der Waals surface area contributed by atoms with E-state index in [4.69, 9.17) is 0 Å². The molecule has 2 N–H and O–H groups in total. The molecular weight excluding hydrogens is 296 g/mol. The third-order valence-electron chi connectivity index (χ3n) is 4.42. The molecule has 0 spiro atoms. The second kappa shape index (κ2) is 5.89. The Balaban J connectivity index is 1.47. The maximum Gasteiger partial charge on any atom is 0.136 e. The second-order valence-electron chi connectivity index (χ2n) is 6.16. The first-order chi connectivity index (χ1) is 11.7. The number of imidazole rings is 1. The Labute approximate surface area is 141 Å². The van der Waals surface area contributed by atoms with Crippen molar-refractivity contribution in [2.75, 3.05) is 5.32 Å². The molecule has 0 atom stereocenters. The summed E-state index contributed by atoms with van der Waals surface area (Å²) in [5, 5.41) is 6.79. The number of benzene rings is 1. The van der Waals surface area contributed by atoms with Gasteiger partial charge >= 0.3 is 0 Å². The Morgan fingerprint density at radius 2 is 2.17 bits per heavy atom. The van der Waals surface area contributed by atoms with Crippen LogP contribution in [-0.4, -0.2) is 9.38 Å². The third-order valence-corrected chi connectivity index (χ3v) is 4.42. The van der Waals surface area contributed by atoms with Gasteiger partial charge < -0.3 is 15.0 Å². The summed E-state index contributed by atoms with van der Waals surface area (Å²) in [6, 6.07) is 10.6. The minimum absolute atomic E-state index is 0.738. The Morgan fingerprint density at radius 3 is 3.08 bits per heavy atom. The van der Waals surface area contributed by atoms with Gasteiger partial charge in [0.25, 0.3) is 0 Å². The molecule has 2 aromatic heterocycles. The number of rotatable bonds is 4. The van der Waals surface area contributed by atoms with E-state index in [0.29, 0.717) is 0 Å². The topological polar surface area (TPSA) is 41.4 Å². The Bertz CT molecular complexity index is 936. The van der Waals surface area contributed by atoms with Crippen molar-refractivity contribution in [3.05, 3.63) is 84.5 Å². The van der Waals surface area contributed by atoms with Crippen molar-refractivity contribution in [2.45, 2.75) is 19.4 Å². The number of hydrogen-bond acceptors (Lipinski definition) is 3. The van der Waals surface area contributed by atoms with Crippen LogP contribution < -0.4 is 10.6 Å². The number of hydrogen-bond donors (Lipinski definition) is 2. The fraction of sp³-hybridized carbons (Fsp3) is 0.150. The third kappa shape index (κ3) is 2.78. The van der Waals surface area contributed by atoms with Gasteiger partial charge in [0.1, 0.15) is 5.65 Å². The molecule has 0 fully saturated rings. The first-order valence-electron chi connectivity index (χ1n) is 8.11. The van der Waals surface area contributed by atoms with Crippen LogP contribution in [0.2, 0.25) is 0 Å². The molecule has 0 unspecified atom stereocenters. The average Bonchev–Trinajstić information content (AvgIpc) is 3.06. The Kier molecular flexibility index (Phi) is 3.58. The normalized spacial score (nSPS) is 13.4. The maximum absolute atomic E-state index is 4.26. The molecule has 0 amide bonds. The van der Waals surface area contributed by atoms with Gasteiger partial charge in [0.05, 0.1) is 0 Å². The number of pyridine rings is 1. The van der Waals surface area contributed by atoms with Gasteiger partial charge in [0.2, 0.25) is 0 Å². The van der Waals surface area contributed by atoms with Crippen molar-refractivity contribution in [1.82, 2.24) is 14.7 Å². The number of fused-ring (bicyclic) bond motifs is 2. The van der Waals surface area contributed by atoms with Crippen molar-refractivity contribution >= 4 is 17.0 Å². The van der Waals surface area contributed by atoms with E-state index in [1.165, 1.54) is 16.8 Å². The highest BCUT2D eigenvalue weighted by atomic mass is 15.0.